The molecule has 2 rings (SSSR count). The lowest BCUT2D eigenvalue weighted by molar-refractivity contribution is -0.116. The Bertz CT molecular complexity index is 474. The Morgan fingerprint density at radius 1 is 1.33 bits per heavy atom. The lowest BCUT2D eigenvalue weighted by Gasteiger charge is -2.16. The molecule has 0 saturated heterocycles. The van der Waals surface area contributed by atoms with E-state index in [9.17, 15) is 4.79 Å². The van der Waals surface area contributed by atoms with Crippen molar-refractivity contribution in [3.63, 3.8) is 0 Å². The Hall–Kier alpha value is -1.82. The number of aryl methyl sites for hydroxylation is 2. The van der Waals surface area contributed by atoms with Crippen molar-refractivity contribution in [1.29, 1.82) is 0 Å². The van der Waals surface area contributed by atoms with Crippen molar-refractivity contribution in [2.24, 2.45) is 0 Å². The number of hydrogen-bond donors (Lipinski definition) is 1. The molecule has 3 heteroatoms. The Balaban J connectivity index is 1.87. The van der Waals surface area contributed by atoms with E-state index in [0.29, 0.717) is 6.42 Å². The van der Waals surface area contributed by atoms with Crippen molar-refractivity contribution in [1.82, 2.24) is 4.98 Å². The number of pyridine rings is 1. The highest BCUT2D eigenvalue weighted by Gasteiger charge is 2.15. The van der Waals surface area contributed by atoms with Crippen molar-refractivity contribution in [3.8, 4) is 12.3 Å². The summed E-state index contributed by atoms with van der Waals surface area (Å²) in [5.41, 5.74) is 2.42. The fraction of sp³-hybridized carbons (Fsp3) is 0.467. The van der Waals surface area contributed by atoms with Gasteiger partial charge < -0.3 is 5.32 Å². The minimum atomic E-state index is 0.0667. The van der Waals surface area contributed by atoms with E-state index in [0.717, 1.165) is 49.9 Å². The average Bonchev–Trinajstić information content (AvgIpc) is 2.38. The van der Waals surface area contributed by atoms with Crippen LogP contribution in [0.25, 0.3) is 0 Å². The summed E-state index contributed by atoms with van der Waals surface area (Å²) in [5, 5.41) is 2.80. The number of amides is 1. The maximum Gasteiger partial charge on any atom is 0.225 e. The predicted octanol–water partition coefficient (Wildman–Crippen LogP) is 2.70. The second kappa shape index (κ2) is 6.20. The van der Waals surface area contributed by atoms with Gasteiger partial charge in [-0.3, -0.25) is 4.79 Å². The number of fused-ring (bicyclic) bond motifs is 1. The first-order valence-electron chi connectivity index (χ1n) is 6.50. The van der Waals surface area contributed by atoms with Crippen molar-refractivity contribution < 1.29 is 4.79 Å². The van der Waals surface area contributed by atoms with Crippen LogP contribution in [0.3, 0.4) is 0 Å². The summed E-state index contributed by atoms with van der Waals surface area (Å²) in [6, 6.07) is 2.17. The Morgan fingerprint density at radius 2 is 2.22 bits per heavy atom. The normalized spacial score (nSPS) is 13.6. The summed E-state index contributed by atoms with van der Waals surface area (Å²) in [6.07, 6.45) is 13.8. The minimum absolute atomic E-state index is 0.0667. The molecule has 0 aliphatic carbocycles. The van der Waals surface area contributed by atoms with Gasteiger partial charge in [-0.05, 0) is 36.8 Å². The molecule has 0 radical (unpaired) electrons. The Labute approximate surface area is 108 Å². The lowest BCUT2D eigenvalue weighted by atomic mass is 10.0. The van der Waals surface area contributed by atoms with Gasteiger partial charge in [-0.2, -0.15) is 0 Å². The molecule has 2 heterocycles. The smallest absolute Gasteiger partial charge is 0.225 e. The number of rotatable bonds is 5. The van der Waals surface area contributed by atoms with Crippen LogP contribution in [-0.4, -0.2) is 10.9 Å². The summed E-state index contributed by atoms with van der Waals surface area (Å²) in [5.74, 6) is 3.46. The van der Waals surface area contributed by atoms with Crippen LogP contribution in [0.4, 0.5) is 5.82 Å². The van der Waals surface area contributed by atoms with Gasteiger partial charge in [0.2, 0.25) is 5.91 Å². The average molecular weight is 242 g/mol. The zero-order valence-electron chi connectivity index (χ0n) is 10.5. The molecule has 0 atom stereocenters. The maximum absolute atomic E-state index is 11.2. The summed E-state index contributed by atoms with van der Waals surface area (Å²) in [7, 11) is 0. The van der Waals surface area contributed by atoms with Gasteiger partial charge in [0.05, 0.1) is 0 Å². The lowest BCUT2D eigenvalue weighted by Crippen LogP contribution is -2.20. The fourth-order valence-corrected chi connectivity index (χ4v) is 2.18. The molecule has 1 aromatic rings. The molecule has 3 nitrogen and oxygen atoms in total. The van der Waals surface area contributed by atoms with Crippen molar-refractivity contribution in [2.45, 2.75) is 44.9 Å². The van der Waals surface area contributed by atoms with Gasteiger partial charge in [-0.25, -0.2) is 4.98 Å². The number of aromatic nitrogens is 1. The van der Waals surface area contributed by atoms with Crippen LogP contribution in [0.2, 0.25) is 0 Å². The van der Waals surface area contributed by atoms with Crippen LogP contribution in [0.5, 0.6) is 0 Å². The Kier molecular flexibility index (Phi) is 4.35. The van der Waals surface area contributed by atoms with Crippen LogP contribution < -0.4 is 5.32 Å². The second-order valence-electron chi connectivity index (χ2n) is 4.66. The molecule has 1 aliphatic rings. The number of nitrogens with one attached hydrogen (secondary N) is 1. The zero-order chi connectivity index (χ0) is 12.8. The van der Waals surface area contributed by atoms with E-state index in [1.165, 1.54) is 5.56 Å². The molecule has 18 heavy (non-hydrogen) atoms. The minimum Gasteiger partial charge on any atom is -0.310 e. The van der Waals surface area contributed by atoms with E-state index in [1.807, 2.05) is 6.20 Å². The fourth-order valence-electron chi connectivity index (χ4n) is 2.18. The molecule has 0 aromatic carbocycles. The van der Waals surface area contributed by atoms with Crippen molar-refractivity contribution >= 4 is 11.7 Å². The topological polar surface area (TPSA) is 42.0 Å². The third kappa shape index (κ3) is 3.33. The van der Waals surface area contributed by atoms with Crippen molar-refractivity contribution in [2.75, 3.05) is 5.32 Å². The highest BCUT2D eigenvalue weighted by atomic mass is 16.1. The first-order valence-corrected chi connectivity index (χ1v) is 6.50. The standard InChI is InChI=1S/C15H18N2O/c1-2-3-4-5-6-7-12-10-13-8-9-14(18)17-15(13)16-11-12/h1,10-11H,3-9H2,(H,16,17,18). The largest absolute Gasteiger partial charge is 0.310 e. The monoisotopic (exact) mass is 242 g/mol. The summed E-state index contributed by atoms with van der Waals surface area (Å²) in [6.45, 7) is 0. The van der Waals surface area contributed by atoms with E-state index < -0.39 is 0 Å². The zero-order valence-corrected chi connectivity index (χ0v) is 10.5. The number of hydrogen-bond acceptors (Lipinski definition) is 2. The van der Waals surface area contributed by atoms with E-state index in [2.05, 4.69) is 22.3 Å². The molecule has 0 spiro atoms. The number of anilines is 1. The molecule has 1 N–H and O–H groups in total. The SMILES string of the molecule is C#CCCCCCc1cnc2c(c1)CCC(=O)N2. The van der Waals surface area contributed by atoms with Gasteiger partial charge >= 0.3 is 0 Å². The van der Waals surface area contributed by atoms with Crippen LogP contribution in [0, 0.1) is 12.3 Å². The van der Waals surface area contributed by atoms with Gasteiger partial charge in [0.15, 0.2) is 0 Å². The molecule has 0 bridgehead atoms. The van der Waals surface area contributed by atoms with Crippen molar-refractivity contribution in [3.05, 3.63) is 23.4 Å². The van der Waals surface area contributed by atoms with Crippen LogP contribution >= 0.6 is 0 Å². The summed E-state index contributed by atoms with van der Waals surface area (Å²) in [4.78, 5) is 15.5. The Morgan fingerprint density at radius 3 is 3.06 bits per heavy atom. The molecule has 1 amide bonds. The van der Waals surface area contributed by atoms with E-state index in [4.69, 9.17) is 6.42 Å². The first kappa shape index (κ1) is 12.6. The van der Waals surface area contributed by atoms with Gasteiger partial charge in [-0.1, -0.05) is 12.5 Å². The molecule has 0 fully saturated rings. The van der Waals surface area contributed by atoms with Crippen LogP contribution in [0.1, 0.15) is 43.2 Å². The van der Waals surface area contributed by atoms with Gasteiger partial charge in [0, 0.05) is 19.0 Å². The van der Waals surface area contributed by atoms with E-state index >= 15 is 0 Å². The van der Waals surface area contributed by atoms with E-state index in [1.54, 1.807) is 0 Å². The highest BCUT2D eigenvalue weighted by Crippen LogP contribution is 2.21. The van der Waals surface area contributed by atoms with Gasteiger partial charge in [0.1, 0.15) is 5.82 Å². The molecule has 1 aromatic heterocycles. The third-order valence-electron chi connectivity index (χ3n) is 3.19. The number of carbonyl (C=O) groups excluding carboxylic acids is 1. The number of carbonyl (C=O) groups is 1. The van der Waals surface area contributed by atoms with Gasteiger partial charge in [0.25, 0.3) is 0 Å². The number of nitrogens with zero attached hydrogens (tertiary/aromatic N) is 1. The highest BCUT2D eigenvalue weighted by molar-refractivity contribution is 5.92. The predicted molar refractivity (Wildman–Crippen MR) is 72.2 cm³/mol. The molecular weight excluding hydrogens is 224 g/mol. The number of unbranched alkanes of at least 4 members (excludes halogenated alkanes) is 3. The van der Waals surface area contributed by atoms with E-state index in [-0.39, 0.29) is 5.91 Å². The third-order valence-corrected chi connectivity index (χ3v) is 3.19. The van der Waals surface area contributed by atoms with Gasteiger partial charge in [-0.15, -0.1) is 12.3 Å². The quantitative estimate of drug-likeness (QED) is 0.637. The first-order chi connectivity index (χ1) is 8.79. The maximum atomic E-state index is 11.2. The summed E-state index contributed by atoms with van der Waals surface area (Å²) < 4.78 is 0. The number of terminal acetylenes is 1. The summed E-state index contributed by atoms with van der Waals surface area (Å²) >= 11 is 0. The molecule has 0 unspecified atom stereocenters. The molecule has 94 valence electrons. The molecule has 1 aliphatic heterocycles. The molecule has 0 saturated carbocycles. The molecular formula is C15H18N2O. The van der Waals surface area contributed by atoms with Crippen LogP contribution in [-0.2, 0) is 17.6 Å². The second-order valence-corrected chi connectivity index (χ2v) is 4.66. The van der Waals surface area contributed by atoms with Crippen LogP contribution in [0.15, 0.2) is 12.3 Å².